The molecule has 6 nitrogen and oxygen atoms in total. The van der Waals surface area contributed by atoms with Crippen LogP contribution >= 0.6 is 11.6 Å². The van der Waals surface area contributed by atoms with Gasteiger partial charge in [-0.2, -0.15) is 5.11 Å². The maximum absolute atomic E-state index is 12.9. The summed E-state index contributed by atoms with van der Waals surface area (Å²) in [6.07, 6.45) is 0. The molecule has 0 bridgehead atoms. The molecule has 0 aliphatic carbocycles. The molecular formula is C17H13ClN4O2. The maximum Gasteiger partial charge on any atom is 0.263 e. The molecule has 2 amide bonds. The number of hydrogen-bond donors (Lipinski definition) is 0. The number of anilines is 2. The van der Waals surface area contributed by atoms with Gasteiger partial charge >= 0.3 is 0 Å². The van der Waals surface area contributed by atoms with Gasteiger partial charge in [0.25, 0.3) is 11.8 Å². The summed E-state index contributed by atoms with van der Waals surface area (Å²) in [5.74, 6) is -0.733. The Kier molecular flexibility index (Phi) is 3.35. The van der Waals surface area contributed by atoms with E-state index in [9.17, 15) is 9.59 Å². The molecule has 1 fully saturated rings. The summed E-state index contributed by atoms with van der Waals surface area (Å²) in [5, 5.41) is 10.0. The predicted molar refractivity (Wildman–Crippen MR) is 90.0 cm³/mol. The average Bonchev–Trinajstić information content (AvgIpc) is 3.09. The van der Waals surface area contributed by atoms with Crippen LogP contribution in [0.1, 0.15) is 5.56 Å². The lowest BCUT2D eigenvalue weighted by atomic mass is 10.1. The van der Waals surface area contributed by atoms with Gasteiger partial charge in [-0.1, -0.05) is 40.6 Å². The van der Waals surface area contributed by atoms with Crippen molar-refractivity contribution in [2.45, 2.75) is 19.0 Å². The number of hydrogen-bond acceptors (Lipinski definition) is 5. The molecule has 2 aliphatic heterocycles. The van der Waals surface area contributed by atoms with Gasteiger partial charge in [0.2, 0.25) is 0 Å². The van der Waals surface area contributed by atoms with Gasteiger partial charge in [0.1, 0.15) is 0 Å². The number of aryl methyl sites for hydroxylation is 1. The van der Waals surface area contributed by atoms with Crippen molar-refractivity contribution < 1.29 is 9.59 Å². The van der Waals surface area contributed by atoms with Crippen LogP contribution in [0.4, 0.5) is 11.4 Å². The number of benzene rings is 2. The number of carbonyl (C=O) groups is 2. The maximum atomic E-state index is 12.9. The molecule has 1 saturated heterocycles. The Hall–Kier alpha value is -2.73. The summed E-state index contributed by atoms with van der Waals surface area (Å²) in [4.78, 5) is 26.6. The lowest BCUT2D eigenvalue weighted by Gasteiger charge is -2.20. The van der Waals surface area contributed by atoms with Gasteiger partial charge in [-0.05, 0) is 37.3 Å². The third kappa shape index (κ3) is 2.18. The minimum absolute atomic E-state index is 0.349. The van der Waals surface area contributed by atoms with E-state index in [0.29, 0.717) is 10.7 Å². The van der Waals surface area contributed by atoms with Crippen LogP contribution < -0.4 is 9.91 Å². The molecule has 2 heterocycles. The van der Waals surface area contributed by atoms with Crippen LogP contribution in [0, 0.1) is 6.92 Å². The van der Waals surface area contributed by atoms with E-state index in [1.807, 2.05) is 31.2 Å². The molecule has 0 spiro atoms. The second-order valence-corrected chi connectivity index (χ2v) is 6.20. The van der Waals surface area contributed by atoms with E-state index < -0.39 is 12.1 Å². The highest BCUT2D eigenvalue weighted by atomic mass is 35.5. The van der Waals surface area contributed by atoms with E-state index in [0.717, 1.165) is 16.2 Å². The van der Waals surface area contributed by atoms with E-state index in [2.05, 4.69) is 10.3 Å². The smallest absolute Gasteiger partial charge is 0.263 e. The molecule has 0 radical (unpaired) electrons. The predicted octanol–water partition coefficient (Wildman–Crippen LogP) is 3.15. The van der Waals surface area contributed by atoms with Crippen molar-refractivity contribution in [3.8, 4) is 0 Å². The molecule has 7 heteroatoms. The summed E-state index contributed by atoms with van der Waals surface area (Å²) in [5.41, 5.74) is 2.28. The number of halogens is 1. The average molecular weight is 341 g/mol. The van der Waals surface area contributed by atoms with Crippen LogP contribution in [0.15, 0.2) is 58.9 Å². The number of nitrogens with zero attached hydrogens (tertiary/aromatic N) is 4. The van der Waals surface area contributed by atoms with Gasteiger partial charge in [0.05, 0.1) is 11.4 Å². The summed E-state index contributed by atoms with van der Waals surface area (Å²) in [6, 6.07) is 12.6. The molecule has 0 saturated carbocycles. The molecule has 0 aromatic heterocycles. The number of fused-ring (bicyclic) bond motifs is 1. The fourth-order valence-electron chi connectivity index (χ4n) is 2.94. The number of carbonyl (C=O) groups excluding carboxylic acids is 2. The van der Waals surface area contributed by atoms with Gasteiger partial charge in [0, 0.05) is 5.02 Å². The third-order valence-electron chi connectivity index (χ3n) is 4.15. The summed E-state index contributed by atoms with van der Waals surface area (Å²) in [7, 11) is 0. The zero-order chi connectivity index (χ0) is 16.8. The Balaban J connectivity index is 1.70. The minimum atomic E-state index is -0.821. The van der Waals surface area contributed by atoms with Crippen LogP contribution in [0.2, 0.25) is 5.02 Å². The highest BCUT2D eigenvalue weighted by Crippen LogP contribution is 2.35. The zero-order valence-corrected chi connectivity index (χ0v) is 13.5. The number of imide groups is 1. The highest BCUT2D eigenvalue weighted by molar-refractivity contribution is 6.31. The first-order chi connectivity index (χ1) is 11.6. The number of amides is 2. The molecule has 24 heavy (non-hydrogen) atoms. The summed E-state index contributed by atoms with van der Waals surface area (Å²) >= 11 is 5.98. The Morgan fingerprint density at radius 2 is 1.75 bits per heavy atom. The van der Waals surface area contributed by atoms with Gasteiger partial charge in [0.15, 0.2) is 12.1 Å². The summed E-state index contributed by atoms with van der Waals surface area (Å²) in [6.45, 7) is 1.98. The molecule has 2 unspecified atom stereocenters. The quantitative estimate of drug-likeness (QED) is 0.789. The highest BCUT2D eigenvalue weighted by Gasteiger charge is 2.55. The molecule has 2 atom stereocenters. The van der Waals surface area contributed by atoms with E-state index in [1.165, 1.54) is 5.01 Å². The van der Waals surface area contributed by atoms with Gasteiger partial charge < -0.3 is 0 Å². The van der Waals surface area contributed by atoms with Crippen LogP contribution in [0.5, 0.6) is 0 Å². The first kappa shape index (κ1) is 14.8. The lowest BCUT2D eigenvalue weighted by Crippen LogP contribution is -2.39. The van der Waals surface area contributed by atoms with Crippen molar-refractivity contribution in [1.82, 2.24) is 0 Å². The third-order valence-corrected chi connectivity index (χ3v) is 4.38. The lowest BCUT2D eigenvalue weighted by molar-refractivity contribution is -0.121. The van der Waals surface area contributed by atoms with Crippen LogP contribution in [0.25, 0.3) is 0 Å². The SMILES string of the molecule is Cc1ccc(N2N=NC3C(=O)N(c4cccc(Cl)c4)C(=O)C32)cc1. The fourth-order valence-corrected chi connectivity index (χ4v) is 3.13. The van der Waals surface area contributed by atoms with E-state index in [1.54, 1.807) is 24.3 Å². The minimum Gasteiger partial charge on any atom is -0.271 e. The summed E-state index contributed by atoms with van der Waals surface area (Å²) < 4.78 is 0. The monoisotopic (exact) mass is 340 g/mol. The van der Waals surface area contributed by atoms with Gasteiger partial charge in [-0.15, -0.1) is 0 Å². The molecule has 120 valence electrons. The second-order valence-electron chi connectivity index (χ2n) is 5.77. The standard InChI is InChI=1S/C17H13ClN4O2/c1-10-5-7-12(8-6-10)22-15-14(19-20-22)16(23)21(17(15)24)13-4-2-3-11(18)9-13/h2-9,14-15H,1H3. The van der Waals surface area contributed by atoms with Crippen LogP contribution in [-0.4, -0.2) is 23.9 Å². The fraction of sp³-hybridized carbons (Fsp3) is 0.176. The van der Waals surface area contributed by atoms with E-state index in [-0.39, 0.29) is 11.8 Å². The molecule has 4 rings (SSSR count). The van der Waals surface area contributed by atoms with E-state index in [4.69, 9.17) is 11.6 Å². The Labute approximate surface area is 143 Å². The Bertz CT molecular complexity index is 865. The largest absolute Gasteiger partial charge is 0.271 e. The Morgan fingerprint density at radius 1 is 1.00 bits per heavy atom. The normalized spacial score (nSPS) is 22.4. The van der Waals surface area contributed by atoms with Crippen molar-refractivity contribution >= 4 is 34.8 Å². The van der Waals surface area contributed by atoms with Crippen molar-refractivity contribution in [1.29, 1.82) is 0 Å². The zero-order valence-electron chi connectivity index (χ0n) is 12.8. The Morgan fingerprint density at radius 3 is 2.46 bits per heavy atom. The molecule has 2 aromatic carbocycles. The van der Waals surface area contributed by atoms with Gasteiger partial charge in [-0.25, -0.2) is 9.91 Å². The van der Waals surface area contributed by atoms with Crippen LogP contribution in [-0.2, 0) is 9.59 Å². The molecule has 2 aromatic rings. The molecule has 2 aliphatic rings. The molecule has 0 N–H and O–H groups in total. The first-order valence-electron chi connectivity index (χ1n) is 7.46. The van der Waals surface area contributed by atoms with Crippen LogP contribution in [0.3, 0.4) is 0 Å². The van der Waals surface area contributed by atoms with E-state index >= 15 is 0 Å². The van der Waals surface area contributed by atoms with Crippen molar-refractivity contribution in [2.75, 3.05) is 9.91 Å². The molecular weight excluding hydrogens is 328 g/mol. The first-order valence-corrected chi connectivity index (χ1v) is 7.84. The van der Waals surface area contributed by atoms with Crippen molar-refractivity contribution in [3.05, 3.63) is 59.1 Å². The second kappa shape index (κ2) is 5.42. The van der Waals surface area contributed by atoms with Crippen molar-refractivity contribution in [2.24, 2.45) is 10.3 Å². The number of rotatable bonds is 2. The topological polar surface area (TPSA) is 65.3 Å². The van der Waals surface area contributed by atoms with Gasteiger partial charge in [-0.3, -0.25) is 9.59 Å². The van der Waals surface area contributed by atoms with Crippen molar-refractivity contribution in [3.63, 3.8) is 0 Å².